The van der Waals surface area contributed by atoms with Crippen molar-refractivity contribution >= 4 is 17.3 Å². The van der Waals surface area contributed by atoms with Gasteiger partial charge in [-0.3, -0.25) is 0 Å². The van der Waals surface area contributed by atoms with E-state index in [0.717, 1.165) is 10.4 Å². The van der Waals surface area contributed by atoms with Crippen LogP contribution < -0.4 is 5.32 Å². The molecular formula is C16H21NO2S. The molecule has 0 radical (unpaired) electrons. The number of carbonyl (C=O) groups excluding carboxylic acids is 1. The van der Waals surface area contributed by atoms with Gasteiger partial charge in [0.25, 0.3) is 0 Å². The van der Waals surface area contributed by atoms with Gasteiger partial charge in [-0.05, 0) is 24.7 Å². The fourth-order valence-corrected chi connectivity index (χ4v) is 2.24. The Bertz CT molecular complexity index is 520. The van der Waals surface area contributed by atoms with E-state index in [1.165, 1.54) is 18.4 Å². The maximum absolute atomic E-state index is 11.2. The molecule has 0 amide bonds. The van der Waals surface area contributed by atoms with Crippen molar-refractivity contribution < 1.29 is 9.53 Å². The zero-order valence-corrected chi connectivity index (χ0v) is 13.2. The van der Waals surface area contributed by atoms with Gasteiger partial charge in [-0.1, -0.05) is 44.2 Å². The van der Waals surface area contributed by atoms with E-state index in [9.17, 15) is 4.79 Å². The molecule has 0 saturated heterocycles. The van der Waals surface area contributed by atoms with Gasteiger partial charge in [-0.25, -0.2) is 4.79 Å². The molecule has 1 N–H and O–H groups in total. The number of hydrogen-bond donors (Lipinski definition) is 1. The molecule has 4 heteroatoms. The van der Waals surface area contributed by atoms with E-state index >= 15 is 0 Å². The van der Waals surface area contributed by atoms with Crippen LogP contribution in [0, 0.1) is 0 Å². The number of thiophene rings is 1. The van der Waals surface area contributed by atoms with E-state index in [4.69, 9.17) is 0 Å². The molecule has 2 aromatic rings. The quantitative estimate of drug-likeness (QED) is 0.874. The second kappa shape index (κ2) is 8.51. The second-order valence-corrected chi connectivity index (χ2v) is 5.55. The van der Waals surface area contributed by atoms with Gasteiger partial charge in [0.2, 0.25) is 0 Å². The standard InChI is InChI=1S/C12H10O2S.C4H11N/c1-14-12(13)11-8-7-10(15-11)9-5-3-2-4-6-9;1-4(2)5-3/h2-8H,1H3;4-5H,1-3H3. The normalized spacial score (nSPS) is 9.85. The minimum Gasteiger partial charge on any atom is -0.465 e. The van der Waals surface area contributed by atoms with Gasteiger partial charge in [0.1, 0.15) is 4.88 Å². The first-order valence-corrected chi connectivity index (χ1v) is 7.31. The average molecular weight is 291 g/mol. The van der Waals surface area contributed by atoms with Crippen LogP contribution in [0.25, 0.3) is 10.4 Å². The predicted octanol–water partition coefficient (Wildman–Crippen LogP) is 3.82. The summed E-state index contributed by atoms with van der Waals surface area (Å²) < 4.78 is 4.66. The Balaban J connectivity index is 0.000000347. The highest BCUT2D eigenvalue weighted by atomic mass is 32.1. The van der Waals surface area contributed by atoms with Crippen molar-refractivity contribution in [1.82, 2.24) is 5.32 Å². The molecule has 1 aromatic heterocycles. The molecule has 0 bridgehead atoms. The smallest absolute Gasteiger partial charge is 0.348 e. The molecule has 0 unspecified atom stereocenters. The number of nitrogens with one attached hydrogen (secondary N) is 1. The molecule has 2 rings (SSSR count). The van der Waals surface area contributed by atoms with Crippen molar-refractivity contribution in [3.63, 3.8) is 0 Å². The molecule has 20 heavy (non-hydrogen) atoms. The molecule has 0 spiro atoms. The predicted molar refractivity (Wildman–Crippen MR) is 85.3 cm³/mol. The highest BCUT2D eigenvalue weighted by Crippen LogP contribution is 2.27. The van der Waals surface area contributed by atoms with E-state index in [2.05, 4.69) is 23.9 Å². The summed E-state index contributed by atoms with van der Waals surface area (Å²) in [5.41, 5.74) is 1.12. The van der Waals surface area contributed by atoms with Crippen LogP contribution in [0.2, 0.25) is 0 Å². The van der Waals surface area contributed by atoms with E-state index in [-0.39, 0.29) is 5.97 Å². The molecule has 0 atom stereocenters. The Morgan fingerprint density at radius 1 is 1.15 bits per heavy atom. The number of benzene rings is 1. The Morgan fingerprint density at radius 2 is 1.75 bits per heavy atom. The van der Waals surface area contributed by atoms with Gasteiger partial charge in [0.15, 0.2) is 0 Å². The van der Waals surface area contributed by atoms with Crippen LogP contribution in [0.5, 0.6) is 0 Å². The minimum atomic E-state index is -0.276. The maximum atomic E-state index is 11.2. The summed E-state index contributed by atoms with van der Waals surface area (Å²) in [6.07, 6.45) is 0. The average Bonchev–Trinajstić information content (AvgIpc) is 2.98. The molecule has 108 valence electrons. The van der Waals surface area contributed by atoms with Crippen molar-refractivity contribution in [1.29, 1.82) is 0 Å². The van der Waals surface area contributed by atoms with E-state index in [0.29, 0.717) is 10.9 Å². The Kier molecular flexibility index (Phi) is 6.98. The van der Waals surface area contributed by atoms with Crippen LogP contribution >= 0.6 is 11.3 Å². The minimum absolute atomic E-state index is 0.276. The Morgan fingerprint density at radius 3 is 2.25 bits per heavy atom. The number of rotatable bonds is 3. The number of esters is 1. The SMILES string of the molecule is CNC(C)C.COC(=O)c1ccc(-c2ccccc2)s1. The molecule has 0 aliphatic carbocycles. The van der Waals surface area contributed by atoms with Gasteiger partial charge >= 0.3 is 5.97 Å². The lowest BCUT2D eigenvalue weighted by Crippen LogP contribution is -2.15. The molecule has 0 aliphatic heterocycles. The van der Waals surface area contributed by atoms with Gasteiger partial charge in [-0.2, -0.15) is 0 Å². The van der Waals surface area contributed by atoms with E-state index in [1.807, 2.05) is 43.4 Å². The highest BCUT2D eigenvalue weighted by molar-refractivity contribution is 7.17. The topological polar surface area (TPSA) is 38.3 Å². The lowest BCUT2D eigenvalue weighted by Gasteiger charge is -1.95. The van der Waals surface area contributed by atoms with Crippen LogP contribution in [0.1, 0.15) is 23.5 Å². The van der Waals surface area contributed by atoms with E-state index < -0.39 is 0 Å². The largest absolute Gasteiger partial charge is 0.465 e. The molecule has 0 saturated carbocycles. The van der Waals surface area contributed by atoms with Gasteiger partial charge < -0.3 is 10.1 Å². The third kappa shape index (κ3) is 5.15. The number of methoxy groups -OCH3 is 1. The zero-order chi connectivity index (χ0) is 15.0. The summed E-state index contributed by atoms with van der Waals surface area (Å²) >= 11 is 1.44. The fraction of sp³-hybridized carbons (Fsp3) is 0.312. The third-order valence-electron chi connectivity index (χ3n) is 2.63. The van der Waals surface area contributed by atoms with Gasteiger partial charge in [-0.15, -0.1) is 11.3 Å². The first-order chi connectivity index (χ1) is 9.58. The summed E-state index contributed by atoms with van der Waals surface area (Å²) in [5.74, 6) is -0.276. The van der Waals surface area contributed by atoms with Crippen LogP contribution in [0.4, 0.5) is 0 Å². The summed E-state index contributed by atoms with van der Waals surface area (Å²) in [4.78, 5) is 13.0. The lowest BCUT2D eigenvalue weighted by atomic mass is 10.2. The maximum Gasteiger partial charge on any atom is 0.348 e. The molecule has 3 nitrogen and oxygen atoms in total. The summed E-state index contributed by atoms with van der Waals surface area (Å²) in [7, 11) is 3.34. The zero-order valence-electron chi connectivity index (χ0n) is 12.3. The molecular weight excluding hydrogens is 270 g/mol. The third-order valence-corrected chi connectivity index (χ3v) is 3.74. The number of carbonyl (C=O) groups is 1. The molecule has 0 fully saturated rings. The number of ether oxygens (including phenoxy) is 1. The lowest BCUT2D eigenvalue weighted by molar-refractivity contribution is 0.0606. The molecule has 1 heterocycles. The summed E-state index contributed by atoms with van der Waals surface area (Å²) in [6.45, 7) is 4.22. The second-order valence-electron chi connectivity index (χ2n) is 4.46. The van der Waals surface area contributed by atoms with Crippen LogP contribution in [-0.2, 0) is 4.74 Å². The summed E-state index contributed by atoms with van der Waals surface area (Å²) in [6, 6.07) is 14.3. The van der Waals surface area contributed by atoms with E-state index in [1.54, 1.807) is 6.07 Å². The molecule has 0 aliphatic rings. The van der Waals surface area contributed by atoms with Crippen molar-refractivity contribution in [2.75, 3.05) is 14.2 Å². The first kappa shape index (κ1) is 16.4. The Labute approximate surface area is 124 Å². The summed E-state index contributed by atoms with van der Waals surface area (Å²) in [5, 5.41) is 3.03. The van der Waals surface area contributed by atoms with Crippen molar-refractivity contribution in [3.8, 4) is 10.4 Å². The van der Waals surface area contributed by atoms with Crippen molar-refractivity contribution in [2.24, 2.45) is 0 Å². The highest BCUT2D eigenvalue weighted by Gasteiger charge is 2.09. The monoisotopic (exact) mass is 291 g/mol. The first-order valence-electron chi connectivity index (χ1n) is 6.49. The Hall–Kier alpha value is -1.65. The van der Waals surface area contributed by atoms with Gasteiger partial charge in [0, 0.05) is 10.9 Å². The van der Waals surface area contributed by atoms with Crippen LogP contribution in [0.3, 0.4) is 0 Å². The fourth-order valence-electron chi connectivity index (χ4n) is 1.31. The molecule has 1 aromatic carbocycles. The van der Waals surface area contributed by atoms with Crippen LogP contribution in [-0.4, -0.2) is 26.2 Å². The van der Waals surface area contributed by atoms with Crippen LogP contribution in [0.15, 0.2) is 42.5 Å². The van der Waals surface area contributed by atoms with Crippen molar-refractivity contribution in [3.05, 3.63) is 47.3 Å². The van der Waals surface area contributed by atoms with Crippen molar-refractivity contribution in [2.45, 2.75) is 19.9 Å². The number of hydrogen-bond acceptors (Lipinski definition) is 4. The van der Waals surface area contributed by atoms with Gasteiger partial charge in [0.05, 0.1) is 7.11 Å².